The first kappa shape index (κ1) is 17.8. The van der Waals surface area contributed by atoms with Crippen LogP contribution < -0.4 is 0 Å². The van der Waals surface area contributed by atoms with Gasteiger partial charge in [0.2, 0.25) is 0 Å². The van der Waals surface area contributed by atoms with E-state index in [0.29, 0.717) is 6.61 Å². The Morgan fingerprint density at radius 3 is 2.50 bits per heavy atom. The molecule has 1 aromatic rings. The second kappa shape index (κ2) is 7.91. The summed E-state index contributed by atoms with van der Waals surface area (Å²) in [5.74, 6) is 0. The molecule has 0 aromatic heterocycles. The van der Waals surface area contributed by atoms with E-state index in [9.17, 15) is 5.11 Å². The Bertz CT molecular complexity index is 509. The number of hydrogen-bond donors (Lipinski definition) is 1. The Hall–Kier alpha value is -1.02. The summed E-state index contributed by atoms with van der Waals surface area (Å²) in [6.45, 7) is 6.10. The first-order valence-corrected chi connectivity index (χ1v) is 8.62. The number of nitrogens with zero attached hydrogens (tertiary/aromatic N) is 1. The number of methoxy groups -OCH3 is 1. The maximum Gasteiger partial charge on any atom is 0.184 e. The van der Waals surface area contributed by atoms with E-state index >= 15 is 0 Å². The fraction of sp³-hybridized carbons (Fsp3) is 0.667. The molecule has 6 nitrogen and oxygen atoms in total. The third-order valence-electron chi connectivity index (χ3n) is 4.87. The van der Waals surface area contributed by atoms with Crippen LogP contribution in [0.25, 0.3) is 0 Å². The Morgan fingerprint density at radius 2 is 1.88 bits per heavy atom. The third kappa shape index (κ3) is 3.35. The van der Waals surface area contributed by atoms with Crippen molar-refractivity contribution in [2.45, 2.75) is 50.8 Å². The van der Waals surface area contributed by atoms with Gasteiger partial charge in [0.05, 0.1) is 12.6 Å². The number of fused-ring (bicyclic) bond motifs is 1. The van der Waals surface area contributed by atoms with Gasteiger partial charge in [-0.3, -0.25) is 4.90 Å². The van der Waals surface area contributed by atoms with Gasteiger partial charge in [-0.25, -0.2) is 0 Å². The van der Waals surface area contributed by atoms with Gasteiger partial charge in [0.1, 0.15) is 18.3 Å². The highest BCUT2D eigenvalue weighted by atomic mass is 16.7. The molecule has 1 aromatic carbocycles. The molecule has 0 amide bonds. The Kier molecular flexibility index (Phi) is 5.86. The van der Waals surface area contributed by atoms with Gasteiger partial charge in [-0.1, -0.05) is 44.2 Å². The zero-order chi connectivity index (χ0) is 17.1. The fourth-order valence-electron chi connectivity index (χ4n) is 3.59. The van der Waals surface area contributed by atoms with E-state index in [2.05, 4.69) is 18.7 Å². The molecule has 0 aliphatic carbocycles. The summed E-state index contributed by atoms with van der Waals surface area (Å²) in [7, 11) is 1.60. The minimum atomic E-state index is -0.705. The second-order valence-corrected chi connectivity index (χ2v) is 6.16. The van der Waals surface area contributed by atoms with E-state index in [-0.39, 0.29) is 12.1 Å². The van der Waals surface area contributed by atoms with Crippen LogP contribution in [0.15, 0.2) is 30.3 Å². The molecule has 0 spiro atoms. The zero-order valence-electron chi connectivity index (χ0n) is 14.5. The largest absolute Gasteiger partial charge is 0.388 e. The van der Waals surface area contributed by atoms with Crippen molar-refractivity contribution in [2.75, 3.05) is 26.8 Å². The molecule has 134 valence electrons. The molecular weight excluding hydrogens is 310 g/mol. The van der Waals surface area contributed by atoms with E-state index < -0.39 is 24.8 Å². The molecule has 6 heteroatoms. The molecule has 24 heavy (non-hydrogen) atoms. The van der Waals surface area contributed by atoms with Crippen LogP contribution in [0.3, 0.4) is 0 Å². The molecule has 0 radical (unpaired) electrons. The summed E-state index contributed by atoms with van der Waals surface area (Å²) in [5.41, 5.74) is 0.941. The summed E-state index contributed by atoms with van der Waals surface area (Å²) in [6.07, 6.45) is -2.47. The van der Waals surface area contributed by atoms with Crippen LogP contribution in [-0.4, -0.2) is 67.5 Å². The molecule has 1 unspecified atom stereocenters. The summed E-state index contributed by atoms with van der Waals surface area (Å²) in [6, 6.07) is 9.50. The van der Waals surface area contributed by atoms with E-state index in [1.807, 2.05) is 30.3 Å². The molecule has 0 bridgehead atoms. The molecule has 2 fully saturated rings. The maximum atomic E-state index is 11.0. The Balaban J connectivity index is 1.79. The van der Waals surface area contributed by atoms with Crippen molar-refractivity contribution in [3.05, 3.63) is 35.9 Å². The van der Waals surface area contributed by atoms with Gasteiger partial charge in [-0.05, 0) is 13.1 Å². The van der Waals surface area contributed by atoms with Crippen molar-refractivity contribution >= 4 is 0 Å². The van der Waals surface area contributed by atoms with Crippen molar-refractivity contribution in [1.29, 1.82) is 0 Å². The Morgan fingerprint density at radius 1 is 1.17 bits per heavy atom. The first-order valence-electron chi connectivity index (χ1n) is 8.62. The average Bonchev–Trinajstić information content (AvgIpc) is 2.64. The zero-order valence-corrected chi connectivity index (χ0v) is 14.5. The van der Waals surface area contributed by atoms with E-state index in [1.54, 1.807) is 7.11 Å². The number of ether oxygens (including phenoxy) is 4. The standard InChI is InChI=1S/C18H27NO5/c1-4-19(5-2)14-15(20)16-13(23-18(14)21-3)11-22-17(24-16)12-9-7-6-8-10-12/h6-10,13-18,20H,4-5,11H2,1-3H3/t13-,14+,15-,16-,17?,18+/m1/s1. The second-order valence-electron chi connectivity index (χ2n) is 6.16. The lowest BCUT2D eigenvalue weighted by atomic mass is 9.94. The average molecular weight is 337 g/mol. The molecule has 2 saturated heterocycles. The number of aliphatic hydroxyl groups is 1. The number of benzene rings is 1. The summed E-state index contributed by atoms with van der Waals surface area (Å²) >= 11 is 0. The minimum absolute atomic E-state index is 0.263. The summed E-state index contributed by atoms with van der Waals surface area (Å²) in [4.78, 5) is 2.14. The quantitative estimate of drug-likeness (QED) is 0.880. The summed E-state index contributed by atoms with van der Waals surface area (Å²) in [5, 5.41) is 11.0. The highest BCUT2D eigenvalue weighted by Gasteiger charge is 2.50. The van der Waals surface area contributed by atoms with Gasteiger partial charge in [0, 0.05) is 12.7 Å². The highest BCUT2D eigenvalue weighted by molar-refractivity contribution is 5.16. The lowest BCUT2D eigenvalue weighted by Crippen LogP contribution is -2.66. The van der Waals surface area contributed by atoms with Crippen molar-refractivity contribution in [3.63, 3.8) is 0 Å². The molecule has 2 heterocycles. The highest BCUT2D eigenvalue weighted by Crippen LogP contribution is 2.35. The van der Waals surface area contributed by atoms with Gasteiger partial charge in [0.15, 0.2) is 12.6 Å². The molecule has 2 aliphatic heterocycles. The van der Waals surface area contributed by atoms with Crippen LogP contribution >= 0.6 is 0 Å². The number of aliphatic hydroxyl groups excluding tert-OH is 1. The first-order chi connectivity index (χ1) is 11.7. The Labute approximate surface area is 143 Å². The summed E-state index contributed by atoms with van der Waals surface area (Å²) < 4.78 is 23.4. The normalized spacial score (nSPS) is 36.5. The number of rotatable bonds is 5. The lowest BCUT2D eigenvalue weighted by molar-refractivity contribution is -0.350. The SMILES string of the molecule is CCN(CC)[C@@H]1[C@@H](OC)O[C@@H]2COC(c3ccccc3)O[C@H]2[C@@H]1O. The number of hydrogen-bond acceptors (Lipinski definition) is 6. The van der Waals surface area contributed by atoms with Crippen LogP contribution in [0.4, 0.5) is 0 Å². The topological polar surface area (TPSA) is 60.4 Å². The third-order valence-corrected chi connectivity index (χ3v) is 4.87. The van der Waals surface area contributed by atoms with Crippen LogP contribution in [-0.2, 0) is 18.9 Å². The lowest BCUT2D eigenvalue weighted by Gasteiger charge is -2.50. The van der Waals surface area contributed by atoms with Crippen LogP contribution in [0.5, 0.6) is 0 Å². The van der Waals surface area contributed by atoms with Crippen molar-refractivity contribution in [3.8, 4) is 0 Å². The molecule has 3 rings (SSSR count). The van der Waals surface area contributed by atoms with Gasteiger partial charge in [-0.15, -0.1) is 0 Å². The van der Waals surface area contributed by atoms with E-state index in [1.165, 1.54) is 0 Å². The van der Waals surface area contributed by atoms with Gasteiger partial charge in [-0.2, -0.15) is 0 Å². The molecule has 0 saturated carbocycles. The molecular formula is C18H27NO5. The predicted molar refractivity (Wildman–Crippen MR) is 88.4 cm³/mol. The monoisotopic (exact) mass is 337 g/mol. The van der Waals surface area contributed by atoms with Gasteiger partial charge in [0.25, 0.3) is 0 Å². The maximum absolute atomic E-state index is 11.0. The van der Waals surface area contributed by atoms with Crippen molar-refractivity contribution in [2.24, 2.45) is 0 Å². The molecule has 2 aliphatic rings. The molecule has 1 N–H and O–H groups in total. The minimum Gasteiger partial charge on any atom is -0.388 e. The van der Waals surface area contributed by atoms with E-state index in [0.717, 1.165) is 18.7 Å². The van der Waals surface area contributed by atoms with E-state index in [4.69, 9.17) is 18.9 Å². The smallest absolute Gasteiger partial charge is 0.184 e. The van der Waals surface area contributed by atoms with Crippen LogP contribution in [0.1, 0.15) is 25.7 Å². The fourth-order valence-corrected chi connectivity index (χ4v) is 3.59. The predicted octanol–water partition coefficient (Wildman–Crippen LogP) is 1.54. The number of likely N-dealkylation sites (N-methyl/N-ethyl adjacent to an activating group) is 1. The van der Waals surface area contributed by atoms with Gasteiger partial charge < -0.3 is 24.1 Å². The van der Waals surface area contributed by atoms with Crippen LogP contribution in [0, 0.1) is 0 Å². The van der Waals surface area contributed by atoms with Crippen molar-refractivity contribution in [1.82, 2.24) is 4.90 Å². The van der Waals surface area contributed by atoms with Gasteiger partial charge >= 0.3 is 0 Å². The molecule has 6 atom stereocenters. The van der Waals surface area contributed by atoms with Crippen molar-refractivity contribution < 1.29 is 24.1 Å². The van der Waals surface area contributed by atoms with Crippen LogP contribution in [0.2, 0.25) is 0 Å².